The topological polar surface area (TPSA) is 57.0 Å². The predicted molar refractivity (Wildman–Crippen MR) is 96.3 cm³/mol. The molecule has 0 aliphatic carbocycles. The van der Waals surface area contributed by atoms with E-state index in [4.69, 9.17) is 19.9 Å². The van der Waals surface area contributed by atoms with Crippen LogP contribution in [0.25, 0.3) is 0 Å². The minimum atomic E-state index is 0.154. The number of nitrogen functional groups attached to an aromatic ring is 1. The van der Waals surface area contributed by atoms with Crippen molar-refractivity contribution in [2.24, 2.45) is 0 Å². The maximum Gasteiger partial charge on any atom is 0.145 e. The largest absolute Gasteiger partial charge is 0.497 e. The van der Waals surface area contributed by atoms with Crippen LogP contribution in [0.2, 0.25) is 0 Å². The van der Waals surface area contributed by atoms with Crippen LogP contribution >= 0.6 is 0 Å². The third-order valence-corrected chi connectivity index (χ3v) is 4.03. The van der Waals surface area contributed by atoms with Crippen LogP contribution in [0.4, 0.5) is 11.4 Å². The first-order chi connectivity index (χ1) is 11.7. The Hall–Kier alpha value is -2.56. The van der Waals surface area contributed by atoms with Gasteiger partial charge in [0.2, 0.25) is 0 Å². The van der Waals surface area contributed by atoms with Gasteiger partial charge in [0.05, 0.1) is 25.9 Å². The summed E-state index contributed by atoms with van der Waals surface area (Å²) >= 11 is 0. The third-order valence-electron chi connectivity index (χ3n) is 4.03. The molecular weight excluding hydrogens is 304 g/mol. The zero-order chi connectivity index (χ0) is 16.9. The van der Waals surface area contributed by atoms with E-state index in [0.717, 1.165) is 48.1 Å². The maximum absolute atomic E-state index is 5.88. The number of benzene rings is 2. The normalized spacial score (nSPS) is 16.2. The molecule has 0 saturated heterocycles. The fourth-order valence-corrected chi connectivity index (χ4v) is 2.88. The molecule has 1 aliphatic heterocycles. The second kappa shape index (κ2) is 7.34. The second-order valence-electron chi connectivity index (χ2n) is 5.98. The second-order valence-corrected chi connectivity index (χ2v) is 5.98. The highest BCUT2D eigenvalue weighted by atomic mass is 16.5. The first-order valence-electron chi connectivity index (χ1n) is 8.23. The van der Waals surface area contributed by atoms with Gasteiger partial charge in [0.15, 0.2) is 0 Å². The van der Waals surface area contributed by atoms with Crippen molar-refractivity contribution in [1.82, 2.24) is 0 Å². The molecule has 0 bridgehead atoms. The molecule has 3 rings (SSSR count). The molecule has 1 heterocycles. The number of hydrogen-bond donors (Lipinski definition) is 1. The highest BCUT2D eigenvalue weighted by molar-refractivity contribution is 5.65. The Morgan fingerprint density at radius 1 is 1.17 bits per heavy atom. The molecular formula is C19H24N2O3. The van der Waals surface area contributed by atoms with E-state index in [2.05, 4.69) is 11.8 Å². The van der Waals surface area contributed by atoms with E-state index in [0.29, 0.717) is 6.61 Å². The number of fused-ring (bicyclic) bond motifs is 1. The summed E-state index contributed by atoms with van der Waals surface area (Å²) in [5, 5.41) is 0. The van der Waals surface area contributed by atoms with Crippen molar-refractivity contribution < 1.29 is 14.2 Å². The molecule has 1 aliphatic rings. The molecule has 128 valence electrons. The summed E-state index contributed by atoms with van der Waals surface area (Å²) in [6.45, 7) is 4.54. The number of anilines is 2. The molecule has 5 nitrogen and oxygen atoms in total. The van der Waals surface area contributed by atoms with Crippen molar-refractivity contribution in [3.05, 3.63) is 42.5 Å². The minimum absolute atomic E-state index is 0.154. The number of hydrogen-bond acceptors (Lipinski definition) is 5. The number of nitrogens with zero attached hydrogens (tertiary/aromatic N) is 1. The molecule has 0 saturated carbocycles. The number of ether oxygens (including phenoxy) is 3. The summed E-state index contributed by atoms with van der Waals surface area (Å²) in [6.07, 6.45) is 1.09. The Labute approximate surface area is 142 Å². The highest BCUT2D eigenvalue weighted by Gasteiger charge is 2.22. The molecule has 5 heteroatoms. The van der Waals surface area contributed by atoms with Gasteiger partial charge >= 0.3 is 0 Å². The standard InChI is InChI=1S/C19H24N2O3/c1-14-13-21(18-9-4-15(20)12-19(18)24-14)10-3-11-23-17-7-5-16(22-2)6-8-17/h4-9,12,14H,3,10-11,13,20H2,1-2H3. The van der Waals surface area contributed by atoms with Gasteiger partial charge in [0.25, 0.3) is 0 Å². The van der Waals surface area contributed by atoms with Crippen molar-refractivity contribution >= 4 is 11.4 Å². The van der Waals surface area contributed by atoms with Crippen LogP contribution in [0.5, 0.6) is 17.2 Å². The zero-order valence-electron chi connectivity index (χ0n) is 14.2. The molecule has 24 heavy (non-hydrogen) atoms. The van der Waals surface area contributed by atoms with Crippen LogP contribution in [0.1, 0.15) is 13.3 Å². The van der Waals surface area contributed by atoms with Crippen molar-refractivity contribution in [2.45, 2.75) is 19.4 Å². The van der Waals surface area contributed by atoms with E-state index in [1.165, 1.54) is 0 Å². The van der Waals surface area contributed by atoms with Gasteiger partial charge in [-0.05, 0) is 49.7 Å². The Balaban J connectivity index is 1.53. The Bertz CT molecular complexity index is 673. The predicted octanol–water partition coefficient (Wildman–Crippen LogP) is 3.33. The van der Waals surface area contributed by atoms with Crippen molar-refractivity contribution in [3.8, 4) is 17.2 Å². The Morgan fingerprint density at radius 3 is 2.67 bits per heavy atom. The van der Waals surface area contributed by atoms with Gasteiger partial charge in [-0.2, -0.15) is 0 Å². The Morgan fingerprint density at radius 2 is 1.92 bits per heavy atom. The summed E-state index contributed by atoms with van der Waals surface area (Å²) in [7, 11) is 1.66. The first kappa shape index (κ1) is 16.3. The Kier molecular flexibility index (Phi) is 4.99. The number of rotatable bonds is 6. The van der Waals surface area contributed by atoms with Crippen LogP contribution in [0.15, 0.2) is 42.5 Å². The quantitative estimate of drug-likeness (QED) is 0.651. The van der Waals surface area contributed by atoms with Gasteiger partial charge in [-0.15, -0.1) is 0 Å². The highest BCUT2D eigenvalue weighted by Crippen LogP contribution is 2.35. The molecule has 0 amide bonds. The maximum atomic E-state index is 5.88. The van der Waals surface area contributed by atoms with Gasteiger partial charge in [0, 0.05) is 18.3 Å². The van der Waals surface area contributed by atoms with Gasteiger partial charge in [-0.3, -0.25) is 0 Å². The van der Waals surface area contributed by atoms with Crippen molar-refractivity contribution in [2.75, 3.05) is 37.4 Å². The van der Waals surface area contributed by atoms with E-state index in [1.807, 2.05) is 42.5 Å². The summed E-state index contributed by atoms with van der Waals surface area (Å²) in [6, 6.07) is 13.5. The lowest BCUT2D eigenvalue weighted by Gasteiger charge is -2.35. The molecule has 0 spiro atoms. The van der Waals surface area contributed by atoms with Gasteiger partial charge < -0.3 is 24.8 Å². The minimum Gasteiger partial charge on any atom is -0.497 e. The van der Waals surface area contributed by atoms with Crippen LogP contribution in [-0.2, 0) is 0 Å². The summed E-state index contributed by atoms with van der Waals surface area (Å²) in [4.78, 5) is 2.33. The first-order valence-corrected chi connectivity index (χ1v) is 8.23. The third kappa shape index (κ3) is 3.85. The molecule has 0 aromatic heterocycles. The van der Waals surface area contributed by atoms with Crippen molar-refractivity contribution in [1.29, 1.82) is 0 Å². The number of methoxy groups -OCH3 is 1. The lowest BCUT2D eigenvalue weighted by Crippen LogP contribution is -2.39. The summed E-state index contributed by atoms with van der Waals surface area (Å²) < 4.78 is 16.8. The van der Waals surface area contributed by atoms with Crippen LogP contribution in [0, 0.1) is 0 Å². The average Bonchev–Trinajstić information content (AvgIpc) is 2.58. The molecule has 1 atom stereocenters. The van der Waals surface area contributed by atoms with Gasteiger partial charge in [-0.1, -0.05) is 0 Å². The zero-order valence-corrected chi connectivity index (χ0v) is 14.2. The fraction of sp³-hybridized carbons (Fsp3) is 0.368. The fourth-order valence-electron chi connectivity index (χ4n) is 2.88. The summed E-state index contributed by atoms with van der Waals surface area (Å²) in [5.41, 5.74) is 7.68. The lowest BCUT2D eigenvalue weighted by molar-refractivity contribution is 0.211. The molecule has 2 aromatic rings. The van der Waals surface area contributed by atoms with E-state index < -0.39 is 0 Å². The lowest BCUT2D eigenvalue weighted by atomic mass is 10.1. The smallest absolute Gasteiger partial charge is 0.145 e. The van der Waals surface area contributed by atoms with Gasteiger partial charge in [0.1, 0.15) is 23.4 Å². The van der Waals surface area contributed by atoms with Crippen LogP contribution in [0.3, 0.4) is 0 Å². The molecule has 2 aromatic carbocycles. The van der Waals surface area contributed by atoms with E-state index in [9.17, 15) is 0 Å². The van der Waals surface area contributed by atoms with E-state index >= 15 is 0 Å². The van der Waals surface area contributed by atoms with Crippen LogP contribution in [-0.4, -0.2) is 32.9 Å². The molecule has 0 fully saturated rings. The molecule has 0 radical (unpaired) electrons. The SMILES string of the molecule is COc1ccc(OCCCN2CC(C)Oc3cc(N)ccc32)cc1. The van der Waals surface area contributed by atoms with E-state index in [-0.39, 0.29) is 6.10 Å². The summed E-state index contributed by atoms with van der Waals surface area (Å²) in [5.74, 6) is 2.56. The average molecular weight is 328 g/mol. The molecule has 2 N–H and O–H groups in total. The monoisotopic (exact) mass is 328 g/mol. The van der Waals surface area contributed by atoms with Crippen LogP contribution < -0.4 is 24.8 Å². The van der Waals surface area contributed by atoms with Gasteiger partial charge in [-0.25, -0.2) is 0 Å². The molecule has 1 unspecified atom stereocenters. The van der Waals surface area contributed by atoms with E-state index in [1.54, 1.807) is 7.11 Å². The number of nitrogens with two attached hydrogens (primary N) is 1. The van der Waals surface area contributed by atoms with Crippen molar-refractivity contribution in [3.63, 3.8) is 0 Å².